The van der Waals surface area contributed by atoms with Gasteiger partial charge in [-0.1, -0.05) is 30.3 Å². The van der Waals surface area contributed by atoms with Gasteiger partial charge in [0.1, 0.15) is 12.4 Å². The van der Waals surface area contributed by atoms with Crippen molar-refractivity contribution in [2.75, 3.05) is 32.0 Å². The summed E-state index contributed by atoms with van der Waals surface area (Å²) in [5, 5.41) is 6.15. The van der Waals surface area contributed by atoms with Gasteiger partial charge in [-0.2, -0.15) is 0 Å². The molecule has 0 radical (unpaired) electrons. The first kappa shape index (κ1) is 25.3. The summed E-state index contributed by atoms with van der Waals surface area (Å²) >= 11 is 0. The van der Waals surface area contributed by atoms with E-state index in [4.69, 9.17) is 4.74 Å². The minimum Gasteiger partial charge on any atom is -0.489 e. The predicted octanol–water partition coefficient (Wildman–Crippen LogP) is 3.47. The number of guanidine groups is 1. The van der Waals surface area contributed by atoms with Crippen molar-refractivity contribution in [3.63, 3.8) is 0 Å². The van der Waals surface area contributed by atoms with Gasteiger partial charge in [0.25, 0.3) is 0 Å². The Kier molecular flexibility index (Phi) is 12.4. The van der Waals surface area contributed by atoms with Crippen LogP contribution >= 0.6 is 24.0 Å². The molecule has 0 saturated carbocycles. The molecule has 1 unspecified atom stereocenters. The van der Waals surface area contributed by atoms with Crippen LogP contribution in [0.5, 0.6) is 5.75 Å². The molecular weight excluding hydrogens is 511 g/mol. The zero-order chi connectivity index (χ0) is 20.2. The summed E-state index contributed by atoms with van der Waals surface area (Å²) in [6.45, 7) is 3.60. The summed E-state index contributed by atoms with van der Waals surface area (Å²) in [6.07, 6.45) is 0. The highest BCUT2D eigenvalue weighted by Crippen LogP contribution is 2.17. The van der Waals surface area contributed by atoms with E-state index in [1.165, 1.54) is 6.07 Å². The molecule has 160 valence electrons. The summed E-state index contributed by atoms with van der Waals surface area (Å²) in [6, 6.07) is 12.9. The van der Waals surface area contributed by atoms with Gasteiger partial charge in [0.2, 0.25) is 0 Å². The lowest BCUT2D eigenvalue weighted by atomic mass is 10.2. The van der Waals surface area contributed by atoms with Crippen molar-refractivity contribution in [2.45, 2.75) is 12.7 Å². The Balaban J connectivity index is 0.00000420. The van der Waals surface area contributed by atoms with Gasteiger partial charge in [0.15, 0.2) is 17.5 Å². The lowest BCUT2D eigenvalue weighted by Gasteiger charge is -2.12. The highest BCUT2D eigenvalue weighted by molar-refractivity contribution is 14.0. The maximum Gasteiger partial charge on any atom is 0.191 e. The van der Waals surface area contributed by atoms with Crippen LogP contribution in [0.4, 0.5) is 8.78 Å². The fourth-order valence-electron chi connectivity index (χ4n) is 2.36. The predicted molar refractivity (Wildman–Crippen MR) is 124 cm³/mol. The van der Waals surface area contributed by atoms with Crippen molar-refractivity contribution in [1.82, 2.24) is 10.6 Å². The van der Waals surface area contributed by atoms with Crippen molar-refractivity contribution in [2.24, 2.45) is 4.99 Å². The maximum absolute atomic E-state index is 13.5. The Morgan fingerprint density at radius 3 is 2.59 bits per heavy atom. The van der Waals surface area contributed by atoms with E-state index in [-0.39, 0.29) is 36.3 Å². The minimum absolute atomic E-state index is 0. The number of ether oxygens (including phenoxy) is 1. The highest BCUT2D eigenvalue weighted by atomic mass is 127. The van der Waals surface area contributed by atoms with Crippen molar-refractivity contribution in [1.29, 1.82) is 0 Å². The van der Waals surface area contributed by atoms with Crippen LogP contribution in [-0.2, 0) is 16.6 Å². The Morgan fingerprint density at radius 1 is 1.14 bits per heavy atom. The molecule has 9 heteroatoms. The van der Waals surface area contributed by atoms with Gasteiger partial charge in [0.05, 0.1) is 13.1 Å². The van der Waals surface area contributed by atoms with E-state index in [2.05, 4.69) is 15.6 Å². The molecule has 0 aliphatic heterocycles. The molecule has 2 rings (SSSR count). The molecule has 1 atom stereocenters. The van der Waals surface area contributed by atoms with E-state index in [0.717, 1.165) is 17.7 Å². The number of aliphatic imine (C=N–C) groups is 1. The van der Waals surface area contributed by atoms with Gasteiger partial charge in [0, 0.05) is 34.9 Å². The minimum atomic E-state index is -0.988. The third-order valence-corrected chi connectivity index (χ3v) is 4.94. The number of rotatable bonds is 10. The maximum atomic E-state index is 13.5. The molecule has 0 aliphatic carbocycles. The quantitative estimate of drug-likeness (QED) is 0.211. The average molecular weight is 537 g/mol. The van der Waals surface area contributed by atoms with Crippen molar-refractivity contribution < 1.29 is 17.7 Å². The standard InChI is InChI=1S/C20H25F2N3O2S.HI/c1-2-23-20(24-10-12-27-19-9-8-17(21)14-18(19)22)25-11-13-28(26)15-16-6-4-3-5-7-16;/h3-9,14H,2,10-13,15H2,1H3,(H2,23,24,25);1H. The SMILES string of the molecule is CCNC(=NCCS(=O)Cc1ccccc1)NCCOc1ccc(F)cc1F.I. The van der Waals surface area contributed by atoms with Crippen molar-refractivity contribution in [3.05, 3.63) is 65.7 Å². The van der Waals surface area contributed by atoms with E-state index in [1.807, 2.05) is 37.3 Å². The second-order valence-electron chi connectivity index (χ2n) is 5.88. The summed E-state index contributed by atoms with van der Waals surface area (Å²) < 4.78 is 43.8. The molecule has 0 aliphatic rings. The third kappa shape index (κ3) is 10.0. The first-order valence-corrected chi connectivity index (χ1v) is 10.6. The van der Waals surface area contributed by atoms with Crippen LogP contribution in [0.3, 0.4) is 0 Å². The van der Waals surface area contributed by atoms with Crippen molar-refractivity contribution in [3.8, 4) is 5.75 Å². The van der Waals surface area contributed by atoms with Crippen LogP contribution in [0.25, 0.3) is 0 Å². The van der Waals surface area contributed by atoms with Gasteiger partial charge in [-0.3, -0.25) is 9.20 Å². The first-order valence-electron chi connectivity index (χ1n) is 9.07. The Labute approximate surface area is 189 Å². The van der Waals surface area contributed by atoms with Crippen LogP contribution < -0.4 is 15.4 Å². The molecule has 5 nitrogen and oxygen atoms in total. The second kappa shape index (κ2) is 14.3. The van der Waals surface area contributed by atoms with Gasteiger partial charge in [-0.15, -0.1) is 24.0 Å². The monoisotopic (exact) mass is 537 g/mol. The largest absolute Gasteiger partial charge is 0.489 e. The summed E-state index contributed by atoms with van der Waals surface area (Å²) in [4.78, 5) is 4.39. The third-order valence-electron chi connectivity index (χ3n) is 3.65. The molecule has 2 N–H and O–H groups in total. The number of halogens is 3. The molecule has 0 heterocycles. The Hall–Kier alpha value is -1.75. The number of benzene rings is 2. The zero-order valence-corrected chi connectivity index (χ0v) is 19.3. The van der Waals surface area contributed by atoms with Gasteiger partial charge in [-0.05, 0) is 24.6 Å². The van der Waals surface area contributed by atoms with Gasteiger partial charge >= 0.3 is 0 Å². The highest BCUT2D eigenvalue weighted by Gasteiger charge is 2.05. The van der Waals surface area contributed by atoms with Crippen LogP contribution in [0.15, 0.2) is 53.5 Å². The lowest BCUT2D eigenvalue weighted by Crippen LogP contribution is -2.39. The first-order chi connectivity index (χ1) is 13.6. The summed E-state index contributed by atoms with van der Waals surface area (Å²) in [5.41, 5.74) is 1.04. The molecule has 0 amide bonds. The fourth-order valence-corrected chi connectivity index (χ4v) is 3.36. The van der Waals surface area contributed by atoms with Crippen LogP contribution in [-0.4, -0.2) is 42.2 Å². The molecule has 0 bridgehead atoms. The smallest absolute Gasteiger partial charge is 0.191 e. The normalized spacial score (nSPS) is 12.0. The second-order valence-corrected chi connectivity index (χ2v) is 7.46. The molecular formula is C20H26F2IN3O2S. The molecule has 0 saturated heterocycles. The van der Waals surface area contributed by atoms with Crippen LogP contribution in [0.2, 0.25) is 0 Å². The van der Waals surface area contributed by atoms with E-state index in [1.54, 1.807) is 0 Å². The molecule has 29 heavy (non-hydrogen) atoms. The summed E-state index contributed by atoms with van der Waals surface area (Å²) in [5.74, 6) is 0.166. The summed E-state index contributed by atoms with van der Waals surface area (Å²) in [7, 11) is -0.988. The Bertz CT molecular complexity index is 795. The topological polar surface area (TPSA) is 62.7 Å². The lowest BCUT2D eigenvalue weighted by molar-refractivity contribution is 0.304. The number of hydrogen-bond donors (Lipinski definition) is 2. The molecule has 2 aromatic carbocycles. The molecule has 0 spiro atoms. The van der Waals surface area contributed by atoms with Gasteiger partial charge < -0.3 is 15.4 Å². The number of nitrogens with zero attached hydrogens (tertiary/aromatic N) is 1. The van der Waals surface area contributed by atoms with Crippen LogP contribution in [0, 0.1) is 11.6 Å². The van der Waals surface area contributed by atoms with E-state index >= 15 is 0 Å². The zero-order valence-electron chi connectivity index (χ0n) is 16.2. The van der Waals surface area contributed by atoms with Crippen LogP contribution in [0.1, 0.15) is 12.5 Å². The van der Waals surface area contributed by atoms with Crippen molar-refractivity contribution >= 4 is 40.7 Å². The van der Waals surface area contributed by atoms with E-state index < -0.39 is 22.4 Å². The van der Waals surface area contributed by atoms with E-state index in [9.17, 15) is 13.0 Å². The van der Waals surface area contributed by atoms with Gasteiger partial charge in [-0.25, -0.2) is 8.78 Å². The average Bonchev–Trinajstić information content (AvgIpc) is 2.67. The molecule has 0 fully saturated rings. The molecule has 2 aromatic rings. The van der Waals surface area contributed by atoms with E-state index in [0.29, 0.717) is 37.1 Å². The number of hydrogen-bond acceptors (Lipinski definition) is 3. The number of nitrogens with one attached hydrogen (secondary N) is 2. The fraction of sp³-hybridized carbons (Fsp3) is 0.350. The molecule has 0 aromatic heterocycles. The Morgan fingerprint density at radius 2 is 1.90 bits per heavy atom.